The molecule has 3 rings (SSSR count). The summed E-state index contributed by atoms with van der Waals surface area (Å²) in [7, 11) is 0. The number of hydrogen-bond acceptors (Lipinski definition) is 2. The molecule has 0 bridgehead atoms. The van der Waals surface area contributed by atoms with Gasteiger partial charge in [-0.05, 0) is 42.5 Å². The Morgan fingerprint density at radius 3 is 2.70 bits per heavy atom. The number of hydrogen-bond donors (Lipinski definition) is 1. The fraction of sp³-hybridized carbons (Fsp3) is 0. The van der Waals surface area contributed by atoms with Crippen LogP contribution in [0.4, 0.5) is 4.39 Å². The zero-order valence-corrected chi connectivity index (χ0v) is 11.6. The molecule has 0 atom stereocenters. The predicted molar refractivity (Wildman–Crippen MR) is 79.7 cm³/mol. The van der Waals surface area contributed by atoms with Gasteiger partial charge in [-0.15, -0.1) is 0 Å². The summed E-state index contributed by atoms with van der Waals surface area (Å²) in [4.78, 5) is 15.4. The van der Waals surface area contributed by atoms with Crippen molar-refractivity contribution in [3.8, 4) is 5.69 Å². The van der Waals surface area contributed by atoms with Gasteiger partial charge in [0.1, 0.15) is 5.82 Å². The van der Waals surface area contributed by atoms with Crippen LogP contribution in [0.15, 0.2) is 47.3 Å². The van der Waals surface area contributed by atoms with Gasteiger partial charge in [0.05, 0.1) is 16.6 Å². The first-order valence-electron chi connectivity index (χ1n) is 5.77. The monoisotopic (exact) mass is 306 g/mol. The smallest absolute Gasteiger partial charge is 0.266 e. The third kappa shape index (κ3) is 2.05. The summed E-state index contributed by atoms with van der Waals surface area (Å²) < 4.78 is 15.3. The Labute approximate surface area is 123 Å². The second-order valence-electron chi connectivity index (χ2n) is 4.21. The Kier molecular flexibility index (Phi) is 3.16. The molecule has 0 amide bonds. The van der Waals surface area contributed by atoms with Gasteiger partial charge in [0.25, 0.3) is 5.56 Å². The Balaban J connectivity index is 2.43. The molecule has 0 saturated carbocycles. The molecule has 0 spiro atoms. The van der Waals surface area contributed by atoms with Crippen LogP contribution in [0.3, 0.4) is 0 Å². The summed E-state index contributed by atoms with van der Waals surface area (Å²) in [6.45, 7) is 0. The maximum atomic E-state index is 14.0. The average Bonchev–Trinajstić information content (AvgIpc) is 2.41. The van der Waals surface area contributed by atoms with Crippen molar-refractivity contribution in [1.82, 2.24) is 9.55 Å². The van der Waals surface area contributed by atoms with Crippen molar-refractivity contribution in [1.29, 1.82) is 0 Å². The minimum absolute atomic E-state index is 0.0754. The number of halogens is 2. The molecule has 2 aromatic carbocycles. The number of benzene rings is 2. The van der Waals surface area contributed by atoms with E-state index < -0.39 is 5.82 Å². The molecule has 1 N–H and O–H groups in total. The third-order valence-electron chi connectivity index (χ3n) is 2.96. The van der Waals surface area contributed by atoms with Crippen molar-refractivity contribution in [2.45, 2.75) is 0 Å². The molecule has 0 unspecified atom stereocenters. The molecular formula is C14H8ClFN2OS. The van der Waals surface area contributed by atoms with Crippen LogP contribution in [0.2, 0.25) is 5.02 Å². The van der Waals surface area contributed by atoms with E-state index in [0.29, 0.717) is 10.9 Å². The van der Waals surface area contributed by atoms with Gasteiger partial charge in [0, 0.05) is 5.02 Å². The molecule has 0 fully saturated rings. The van der Waals surface area contributed by atoms with Crippen LogP contribution < -0.4 is 5.56 Å². The number of fused-ring (bicyclic) bond motifs is 1. The number of para-hydroxylation sites is 1. The van der Waals surface area contributed by atoms with E-state index in [9.17, 15) is 9.18 Å². The second kappa shape index (κ2) is 4.85. The molecular weight excluding hydrogens is 299 g/mol. The van der Waals surface area contributed by atoms with Crippen LogP contribution in [-0.4, -0.2) is 9.55 Å². The quantitative estimate of drug-likeness (QED) is 0.694. The number of aromatic amines is 1. The lowest BCUT2D eigenvalue weighted by molar-refractivity contribution is 0.615. The van der Waals surface area contributed by atoms with E-state index in [4.69, 9.17) is 23.8 Å². The number of rotatable bonds is 1. The van der Waals surface area contributed by atoms with Crippen LogP contribution >= 0.6 is 23.8 Å². The van der Waals surface area contributed by atoms with Crippen LogP contribution in [0.5, 0.6) is 0 Å². The summed E-state index contributed by atoms with van der Waals surface area (Å²) in [6, 6.07) is 11.0. The lowest BCUT2D eigenvalue weighted by Crippen LogP contribution is -2.21. The largest absolute Gasteiger partial charge is 0.331 e. The van der Waals surface area contributed by atoms with Crippen molar-refractivity contribution in [2.75, 3.05) is 0 Å². The van der Waals surface area contributed by atoms with Crippen LogP contribution in [-0.2, 0) is 0 Å². The summed E-state index contributed by atoms with van der Waals surface area (Å²) in [5.41, 5.74) is 0.324. The van der Waals surface area contributed by atoms with E-state index >= 15 is 0 Å². The van der Waals surface area contributed by atoms with Crippen molar-refractivity contribution in [3.63, 3.8) is 0 Å². The third-order valence-corrected chi connectivity index (χ3v) is 3.48. The van der Waals surface area contributed by atoms with E-state index in [1.165, 1.54) is 12.1 Å². The predicted octanol–water partition coefficient (Wildman–Crippen LogP) is 3.84. The number of H-pyrrole nitrogens is 1. The summed E-state index contributed by atoms with van der Waals surface area (Å²) in [5, 5.41) is 0.699. The fourth-order valence-electron chi connectivity index (χ4n) is 2.04. The Bertz CT molecular complexity index is 932. The standard InChI is InChI=1S/C14H8ClFN2OS/c15-8-5-6-12(10(16)7-8)18-13(19)9-3-1-2-4-11(9)17-14(18)20/h1-7H,(H,17,20). The van der Waals surface area contributed by atoms with Crippen LogP contribution in [0.25, 0.3) is 16.6 Å². The van der Waals surface area contributed by atoms with E-state index in [1.807, 2.05) is 0 Å². The average molecular weight is 307 g/mol. The molecule has 0 saturated heterocycles. The number of nitrogens with one attached hydrogen (secondary N) is 1. The van der Waals surface area contributed by atoms with Crippen molar-refractivity contribution >= 4 is 34.7 Å². The van der Waals surface area contributed by atoms with Crippen molar-refractivity contribution in [2.24, 2.45) is 0 Å². The van der Waals surface area contributed by atoms with E-state index in [1.54, 1.807) is 24.3 Å². The molecule has 20 heavy (non-hydrogen) atoms. The van der Waals surface area contributed by atoms with Gasteiger partial charge in [-0.1, -0.05) is 23.7 Å². The first-order valence-corrected chi connectivity index (χ1v) is 6.56. The van der Waals surface area contributed by atoms with Gasteiger partial charge < -0.3 is 4.98 Å². The minimum atomic E-state index is -0.602. The molecule has 0 aliphatic heterocycles. The SMILES string of the molecule is O=c1c2ccccc2[nH]c(=S)n1-c1ccc(Cl)cc1F. The highest BCUT2D eigenvalue weighted by Gasteiger charge is 2.11. The molecule has 6 heteroatoms. The Hall–Kier alpha value is -1.98. The Morgan fingerprint density at radius 1 is 1.20 bits per heavy atom. The maximum absolute atomic E-state index is 14.0. The Morgan fingerprint density at radius 2 is 1.95 bits per heavy atom. The zero-order chi connectivity index (χ0) is 14.3. The molecule has 0 radical (unpaired) electrons. The van der Waals surface area contributed by atoms with Crippen molar-refractivity contribution < 1.29 is 4.39 Å². The second-order valence-corrected chi connectivity index (χ2v) is 5.04. The summed E-state index contributed by atoms with van der Waals surface area (Å²) in [6.07, 6.45) is 0. The lowest BCUT2D eigenvalue weighted by Gasteiger charge is -2.09. The van der Waals surface area contributed by atoms with Crippen LogP contribution in [0, 0.1) is 10.6 Å². The van der Waals surface area contributed by atoms with Gasteiger partial charge in [-0.2, -0.15) is 0 Å². The first-order chi connectivity index (χ1) is 9.58. The van der Waals surface area contributed by atoms with E-state index in [2.05, 4.69) is 4.98 Å². The molecule has 0 aliphatic carbocycles. The highest BCUT2D eigenvalue weighted by Crippen LogP contribution is 2.18. The zero-order valence-electron chi connectivity index (χ0n) is 10.1. The highest BCUT2D eigenvalue weighted by molar-refractivity contribution is 7.71. The first kappa shape index (κ1) is 13.0. The minimum Gasteiger partial charge on any atom is -0.331 e. The van der Waals surface area contributed by atoms with Gasteiger partial charge in [0.2, 0.25) is 0 Å². The van der Waals surface area contributed by atoms with Gasteiger partial charge in [0.15, 0.2) is 4.77 Å². The van der Waals surface area contributed by atoms with Crippen LogP contribution in [0.1, 0.15) is 0 Å². The van der Waals surface area contributed by atoms with E-state index in [-0.39, 0.29) is 21.0 Å². The molecule has 3 nitrogen and oxygen atoms in total. The van der Waals surface area contributed by atoms with Gasteiger partial charge >= 0.3 is 0 Å². The molecule has 0 aliphatic rings. The lowest BCUT2D eigenvalue weighted by atomic mass is 10.2. The summed E-state index contributed by atoms with van der Waals surface area (Å²) >= 11 is 10.9. The van der Waals surface area contributed by atoms with Crippen molar-refractivity contribution in [3.05, 3.63) is 68.4 Å². The van der Waals surface area contributed by atoms with Gasteiger partial charge in [-0.3, -0.25) is 4.79 Å². The number of aromatic nitrogens is 2. The molecule has 100 valence electrons. The highest BCUT2D eigenvalue weighted by atomic mass is 35.5. The molecule has 1 aromatic heterocycles. The van der Waals surface area contributed by atoms with Gasteiger partial charge in [-0.25, -0.2) is 8.96 Å². The summed E-state index contributed by atoms with van der Waals surface area (Å²) in [5.74, 6) is -0.602. The topological polar surface area (TPSA) is 37.8 Å². The molecule has 1 heterocycles. The number of nitrogens with zero attached hydrogens (tertiary/aromatic N) is 1. The molecule has 3 aromatic rings. The fourth-order valence-corrected chi connectivity index (χ4v) is 2.49. The maximum Gasteiger partial charge on any atom is 0.266 e. The normalized spacial score (nSPS) is 10.9. The van der Waals surface area contributed by atoms with E-state index in [0.717, 1.165) is 10.6 Å².